The summed E-state index contributed by atoms with van der Waals surface area (Å²) in [5, 5.41) is 9.17. The molecule has 100 valence electrons. The summed E-state index contributed by atoms with van der Waals surface area (Å²) in [4.78, 5) is 11.2. The number of carbonyl (C=O) groups is 1. The van der Waals surface area contributed by atoms with E-state index in [2.05, 4.69) is 9.44 Å². The van der Waals surface area contributed by atoms with Crippen LogP contribution in [0, 0.1) is 0 Å². The molecule has 0 aromatic heterocycles. The molecule has 0 radical (unpaired) electrons. The van der Waals surface area contributed by atoms with Crippen molar-refractivity contribution in [2.75, 3.05) is 19.8 Å². The Hall–Kier alpha value is -0.700. The molecule has 0 atom stereocenters. The fourth-order valence-electron chi connectivity index (χ4n) is 1.61. The van der Waals surface area contributed by atoms with Gasteiger partial charge < -0.3 is 9.84 Å². The van der Waals surface area contributed by atoms with E-state index in [4.69, 9.17) is 9.84 Å². The summed E-state index contributed by atoms with van der Waals surface area (Å²) in [6.07, 6.45) is 0.912. The minimum Gasteiger partial charge on any atom is -0.480 e. The Labute approximate surface area is 101 Å². The van der Waals surface area contributed by atoms with Crippen molar-refractivity contribution in [1.29, 1.82) is 0 Å². The van der Waals surface area contributed by atoms with Gasteiger partial charge in [0.25, 0.3) is 10.2 Å². The van der Waals surface area contributed by atoms with E-state index in [1.54, 1.807) is 0 Å². The van der Waals surface area contributed by atoms with Gasteiger partial charge >= 0.3 is 5.97 Å². The zero-order valence-corrected chi connectivity index (χ0v) is 10.5. The van der Waals surface area contributed by atoms with E-state index < -0.39 is 21.7 Å². The van der Waals surface area contributed by atoms with Gasteiger partial charge in [-0.15, -0.1) is 0 Å². The summed E-state index contributed by atoms with van der Waals surface area (Å²) >= 11 is 0. The van der Waals surface area contributed by atoms with Crippen LogP contribution in [0.15, 0.2) is 0 Å². The average molecular weight is 266 g/mol. The second-order valence-corrected chi connectivity index (χ2v) is 5.50. The molecule has 1 saturated heterocycles. The number of ether oxygens (including phenoxy) is 1. The number of hydrogen-bond donors (Lipinski definition) is 3. The molecule has 0 unspecified atom stereocenters. The number of carboxylic acid groups (broad SMARTS) is 1. The lowest BCUT2D eigenvalue weighted by molar-refractivity contribution is -0.147. The maximum Gasteiger partial charge on any atom is 0.325 e. The Morgan fingerprint density at radius 2 is 2.00 bits per heavy atom. The van der Waals surface area contributed by atoms with Crippen LogP contribution in [0.25, 0.3) is 0 Å². The molecule has 1 fully saturated rings. The first-order valence-electron chi connectivity index (χ1n) is 5.51. The van der Waals surface area contributed by atoms with Crippen molar-refractivity contribution in [3.05, 3.63) is 0 Å². The molecule has 0 bridgehead atoms. The molecular weight excluding hydrogens is 248 g/mol. The van der Waals surface area contributed by atoms with Crippen molar-refractivity contribution in [3.63, 3.8) is 0 Å². The van der Waals surface area contributed by atoms with Crippen LogP contribution in [-0.4, -0.2) is 44.8 Å². The topological polar surface area (TPSA) is 105 Å². The summed E-state index contributed by atoms with van der Waals surface area (Å²) in [5.74, 6) is -1.16. The lowest BCUT2D eigenvalue weighted by atomic mass is 9.92. The summed E-state index contributed by atoms with van der Waals surface area (Å²) < 4.78 is 32.9. The molecule has 1 aliphatic heterocycles. The van der Waals surface area contributed by atoms with Gasteiger partial charge in [0.15, 0.2) is 0 Å². The molecule has 0 aromatic rings. The van der Waals surface area contributed by atoms with E-state index in [0.29, 0.717) is 6.42 Å². The standard InChI is InChI=1S/C9H18N2O5S/c1-2-5-10-17(14,15)11-9(8(12)13)3-6-16-7-4-9/h10-11H,2-7H2,1H3,(H,12,13). The number of aliphatic carboxylic acids is 1. The second kappa shape index (κ2) is 5.76. The van der Waals surface area contributed by atoms with Crippen LogP contribution >= 0.6 is 0 Å². The Morgan fingerprint density at radius 3 is 2.47 bits per heavy atom. The number of carboxylic acids is 1. The zero-order chi connectivity index (χ0) is 12.9. The highest BCUT2D eigenvalue weighted by molar-refractivity contribution is 7.87. The monoisotopic (exact) mass is 266 g/mol. The highest BCUT2D eigenvalue weighted by Gasteiger charge is 2.43. The van der Waals surface area contributed by atoms with Gasteiger partial charge in [0.05, 0.1) is 0 Å². The van der Waals surface area contributed by atoms with E-state index >= 15 is 0 Å². The molecule has 0 aromatic carbocycles. The van der Waals surface area contributed by atoms with E-state index in [1.807, 2.05) is 6.92 Å². The van der Waals surface area contributed by atoms with Crippen LogP contribution < -0.4 is 9.44 Å². The van der Waals surface area contributed by atoms with Crippen molar-refractivity contribution < 1.29 is 23.1 Å². The van der Waals surface area contributed by atoms with Crippen molar-refractivity contribution in [3.8, 4) is 0 Å². The molecule has 7 nitrogen and oxygen atoms in total. The molecule has 1 heterocycles. The Kier molecular flexibility index (Phi) is 4.87. The number of nitrogens with one attached hydrogen (secondary N) is 2. The van der Waals surface area contributed by atoms with Gasteiger partial charge in [0.2, 0.25) is 0 Å². The van der Waals surface area contributed by atoms with Crippen LogP contribution in [0.1, 0.15) is 26.2 Å². The van der Waals surface area contributed by atoms with Crippen molar-refractivity contribution in [2.45, 2.75) is 31.7 Å². The third-order valence-corrected chi connectivity index (χ3v) is 3.87. The summed E-state index contributed by atoms with van der Waals surface area (Å²) in [6, 6.07) is 0. The van der Waals surface area contributed by atoms with Crippen LogP contribution in [0.2, 0.25) is 0 Å². The molecule has 17 heavy (non-hydrogen) atoms. The summed E-state index contributed by atoms with van der Waals surface area (Å²) in [6.45, 7) is 2.58. The molecule has 0 saturated carbocycles. The molecular formula is C9H18N2O5S. The minimum absolute atomic E-state index is 0.134. The van der Waals surface area contributed by atoms with Crippen molar-refractivity contribution >= 4 is 16.2 Å². The SMILES string of the molecule is CCCNS(=O)(=O)NC1(C(=O)O)CCOCC1. The van der Waals surface area contributed by atoms with Crippen LogP contribution in [-0.2, 0) is 19.7 Å². The van der Waals surface area contributed by atoms with Gasteiger partial charge in [0, 0.05) is 32.6 Å². The Bertz CT molecular complexity index is 362. The third-order valence-electron chi connectivity index (χ3n) is 2.63. The van der Waals surface area contributed by atoms with Gasteiger partial charge in [-0.3, -0.25) is 4.79 Å². The molecule has 1 rings (SSSR count). The Balaban J connectivity index is 2.76. The predicted molar refractivity (Wildman–Crippen MR) is 60.8 cm³/mol. The first kappa shape index (κ1) is 14.4. The van der Waals surface area contributed by atoms with Gasteiger partial charge in [-0.25, -0.2) is 4.72 Å². The quantitative estimate of drug-likeness (QED) is 0.598. The van der Waals surface area contributed by atoms with Crippen LogP contribution in [0.3, 0.4) is 0 Å². The van der Waals surface area contributed by atoms with Crippen molar-refractivity contribution in [1.82, 2.24) is 9.44 Å². The van der Waals surface area contributed by atoms with Crippen molar-refractivity contribution in [2.24, 2.45) is 0 Å². The van der Waals surface area contributed by atoms with Crippen LogP contribution in [0.5, 0.6) is 0 Å². The number of rotatable bonds is 6. The highest BCUT2D eigenvalue weighted by Crippen LogP contribution is 2.21. The highest BCUT2D eigenvalue weighted by atomic mass is 32.2. The molecule has 0 spiro atoms. The molecule has 3 N–H and O–H groups in total. The fourth-order valence-corrected chi connectivity index (χ4v) is 2.96. The molecule has 0 aliphatic carbocycles. The van der Waals surface area contributed by atoms with E-state index in [0.717, 1.165) is 0 Å². The average Bonchev–Trinajstić information content (AvgIpc) is 2.27. The van der Waals surface area contributed by atoms with Crippen LogP contribution in [0.4, 0.5) is 0 Å². The fraction of sp³-hybridized carbons (Fsp3) is 0.889. The van der Waals surface area contributed by atoms with Gasteiger partial charge in [-0.2, -0.15) is 13.1 Å². The summed E-state index contributed by atoms with van der Waals surface area (Å²) in [7, 11) is -3.78. The zero-order valence-electron chi connectivity index (χ0n) is 9.73. The largest absolute Gasteiger partial charge is 0.480 e. The predicted octanol–water partition coefficient (Wildman–Crippen LogP) is -0.546. The van der Waals surface area contributed by atoms with E-state index in [9.17, 15) is 13.2 Å². The normalized spacial score (nSPS) is 20.1. The van der Waals surface area contributed by atoms with E-state index in [1.165, 1.54) is 0 Å². The Morgan fingerprint density at radius 1 is 1.41 bits per heavy atom. The molecule has 0 amide bonds. The minimum atomic E-state index is -3.78. The van der Waals surface area contributed by atoms with Gasteiger partial charge in [-0.05, 0) is 6.42 Å². The smallest absolute Gasteiger partial charge is 0.325 e. The first-order valence-corrected chi connectivity index (χ1v) is 7.00. The molecule has 1 aliphatic rings. The lowest BCUT2D eigenvalue weighted by Crippen LogP contribution is -2.59. The van der Waals surface area contributed by atoms with Gasteiger partial charge in [-0.1, -0.05) is 6.92 Å². The molecule has 8 heteroatoms. The maximum absolute atomic E-state index is 11.6. The van der Waals surface area contributed by atoms with Gasteiger partial charge in [0.1, 0.15) is 5.54 Å². The first-order chi connectivity index (χ1) is 7.92. The van der Waals surface area contributed by atoms with E-state index in [-0.39, 0.29) is 32.6 Å². The maximum atomic E-state index is 11.6. The third kappa shape index (κ3) is 3.91. The number of hydrogen-bond acceptors (Lipinski definition) is 4. The lowest BCUT2D eigenvalue weighted by Gasteiger charge is -2.33. The second-order valence-electron chi connectivity index (χ2n) is 4.00. The summed E-state index contributed by atoms with van der Waals surface area (Å²) in [5.41, 5.74) is -1.45.